The maximum atomic E-state index is 14.7. The molecule has 1 N–H and O–H groups in total. The van der Waals surface area contributed by atoms with E-state index in [1.165, 1.54) is 17.0 Å². The summed E-state index contributed by atoms with van der Waals surface area (Å²) in [6, 6.07) is 9.98. The fourth-order valence-electron chi connectivity index (χ4n) is 7.83. The standard InChI is InChI=1S/C40H54FN5O7/c1-39(2,3)53-38(51)46-13-10-32(26-46)52-34-7-6-28(24-33(34)27-8-11-40(4,5)12-9-27)35(47)43-16-18-44(19-17-43)36(48)29-22-30(41)25-31(23-29)42-14-20-45(21-15-42)37(49)50/h6-7,22-25,27,32H,8-21,26H2,1-5H3,(H,49,50). The van der Waals surface area contributed by atoms with Gasteiger partial charge in [-0.3, -0.25) is 9.59 Å². The van der Waals surface area contributed by atoms with Gasteiger partial charge in [0.2, 0.25) is 0 Å². The summed E-state index contributed by atoms with van der Waals surface area (Å²) in [5, 5.41) is 9.26. The topological polar surface area (TPSA) is 123 Å². The molecule has 53 heavy (non-hydrogen) atoms. The summed E-state index contributed by atoms with van der Waals surface area (Å²) in [4.78, 5) is 59.8. The molecular weight excluding hydrogens is 681 g/mol. The third kappa shape index (κ3) is 9.34. The van der Waals surface area contributed by atoms with Crippen molar-refractivity contribution in [2.24, 2.45) is 5.41 Å². The van der Waals surface area contributed by atoms with E-state index in [0.717, 1.165) is 37.0 Å². The minimum Gasteiger partial charge on any atom is -0.488 e. The number of anilines is 1. The number of halogens is 1. The van der Waals surface area contributed by atoms with E-state index in [1.54, 1.807) is 20.8 Å². The Bertz CT molecular complexity index is 1680. The number of hydrogen-bond acceptors (Lipinski definition) is 7. The third-order valence-electron chi connectivity index (χ3n) is 11.0. The lowest BCUT2D eigenvalue weighted by atomic mass is 9.71. The lowest BCUT2D eigenvalue weighted by Crippen LogP contribution is -2.50. The van der Waals surface area contributed by atoms with Crippen molar-refractivity contribution in [2.45, 2.75) is 84.3 Å². The molecule has 2 aromatic carbocycles. The Kier molecular flexibility index (Phi) is 11.1. The van der Waals surface area contributed by atoms with Gasteiger partial charge in [0, 0.05) is 82.1 Å². The van der Waals surface area contributed by atoms with Crippen molar-refractivity contribution in [3.8, 4) is 5.75 Å². The number of carbonyl (C=O) groups excluding carboxylic acids is 3. The fourth-order valence-corrected chi connectivity index (χ4v) is 7.83. The van der Waals surface area contributed by atoms with Crippen LogP contribution in [0.15, 0.2) is 36.4 Å². The molecule has 288 valence electrons. The van der Waals surface area contributed by atoms with Crippen LogP contribution in [0.3, 0.4) is 0 Å². The Morgan fingerprint density at radius 3 is 1.96 bits per heavy atom. The van der Waals surface area contributed by atoms with E-state index in [-0.39, 0.29) is 40.9 Å². The van der Waals surface area contributed by atoms with E-state index in [0.29, 0.717) is 83.1 Å². The Hall–Kier alpha value is -4.55. The number of likely N-dealkylation sites (tertiary alicyclic amines) is 1. The van der Waals surface area contributed by atoms with Gasteiger partial charge < -0.3 is 39.1 Å². The van der Waals surface area contributed by atoms with Crippen molar-refractivity contribution in [2.75, 3.05) is 70.3 Å². The summed E-state index contributed by atoms with van der Waals surface area (Å²) < 4.78 is 26.9. The van der Waals surface area contributed by atoms with Crippen LogP contribution in [0.25, 0.3) is 0 Å². The fraction of sp³-hybridized carbons (Fsp3) is 0.600. The average Bonchev–Trinajstić information content (AvgIpc) is 3.59. The number of amides is 4. The molecule has 0 bridgehead atoms. The predicted octanol–water partition coefficient (Wildman–Crippen LogP) is 6.30. The third-order valence-corrected chi connectivity index (χ3v) is 11.0. The van der Waals surface area contributed by atoms with Gasteiger partial charge in [0.25, 0.3) is 11.8 Å². The van der Waals surface area contributed by atoms with Crippen molar-refractivity contribution < 1.29 is 38.1 Å². The number of benzene rings is 2. The molecule has 0 spiro atoms. The summed E-state index contributed by atoms with van der Waals surface area (Å²) in [5.41, 5.74) is 2.08. The molecule has 4 amide bonds. The summed E-state index contributed by atoms with van der Waals surface area (Å²) in [7, 11) is 0. The highest BCUT2D eigenvalue weighted by Gasteiger charge is 2.34. The van der Waals surface area contributed by atoms with Crippen LogP contribution < -0.4 is 9.64 Å². The van der Waals surface area contributed by atoms with Gasteiger partial charge in [-0.25, -0.2) is 14.0 Å². The summed E-state index contributed by atoms with van der Waals surface area (Å²) in [6.45, 7) is 13.9. The summed E-state index contributed by atoms with van der Waals surface area (Å²) in [6.07, 6.45) is 3.35. The lowest BCUT2D eigenvalue weighted by molar-refractivity contribution is 0.0275. The number of piperazine rings is 2. The second kappa shape index (κ2) is 15.4. The zero-order chi connectivity index (χ0) is 38.1. The van der Waals surface area contributed by atoms with Crippen molar-refractivity contribution in [3.05, 3.63) is 58.9 Å². The maximum absolute atomic E-state index is 14.7. The molecule has 3 heterocycles. The first kappa shape index (κ1) is 38.2. The number of hydrogen-bond donors (Lipinski definition) is 1. The first-order valence-electron chi connectivity index (χ1n) is 19.0. The number of carbonyl (C=O) groups is 4. The van der Waals surface area contributed by atoms with Crippen LogP contribution in [0.1, 0.15) is 98.9 Å². The Morgan fingerprint density at radius 2 is 1.36 bits per heavy atom. The summed E-state index contributed by atoms with van der Waals surface area (Å²) >= 11 is 0. The lowest BCUT2D eigenvalue weighted by Gasteiger charge is -2.36. The van der Waals surface area contributed by atoms with E-state index in [4.69, 9.17) is 9.47 Å². The molecule has 3 saturated heterocycles. The molecule has 1 aliphatic carbocycles. The molecule has 2 aromatic rings. The molecule has 1 saturated carbocycles. The zero-order valence-corrected chi connectivity index (χ0v) is 31.7. The smallest absolute Gasteiger partial charge is 0.410 e. The van der Waals surface area contributed by atoms with Gasteiger partial charge in [-0.1, -0.05) is 13.8 Å². The van der Waals surface area contributed by atoms with E-state index in [2.05, 4.69) is 13.8 Å². The molecule has 6 rings (SSSR count). The Morgan fingerprint density at radius 1 is 0.755 bits per heavy atom. The number of carboxylic acid groups (broad SMARTS) is 1. The highest BCUT2D eigenvalue weighted by Crippen LogP contribution is 2.45. The molecule has 12 nitrogen and oxygen atoms in total. The highest BCUT2D eigenvalue weighted by atomic mass is 19.1. The predicted molar refractivity (Wildman–Crippen MR) is 198 cm³/mol. The van der Waals surface area contributed by atoms with E-state index in [9.17, 15) is 28.7 Å². The molecule has 0 aromatic heterocycles. The zero-order valence-electron chi connectivity index (χ0n) is 31.7. The molecule has 1 atom stereocenters. The first-order chi connectivity index (χ1) is 25.0. The van der Waals surface area contributed by atoms with Crippen LogP contribution in [0.2, 0.25) is 0 Å². The van der Waals surface area contributed by atoms with E-state index in [1.807, 2.05) is 43.9 Å². The molecule has 13 heteroatoms. The normalized spacial score (nSPS) is 21.1. The minimum atomic E-state index is -0.980. The van der Waals surface area contributed by atoms with Gasteiger partial charge in [0.15, 0.2) is 0 Å². The highest BCUT2D eigenvalue weighted by molar-refractivity contribution is 5.97. The second-order valence-corrected chi connectivity index (χ2v) is 16.7. The van der Waals surface area contributed by atoms with E-state index < -0.39 is 17.5 Å². The van der Waals surface area contributed by atoms with Crippen molar-refractivity contribution in [3.63, 3.8) is 0 Å². The molecule has 3 aliphatic heterocycles. The van der Waals surface area contributed by atoms with Crippen LogP contribution in [0.5, 0.6) is 5.75 Å². The quantitative estimate of drug-likeness (QED) is 0.367. The Labute approximate surface area is 311 Å². The second-order valence-electron chi connectivity index (χ2n) is 16.7. The number of ether oxygens (including phenoxy) is 2. The van der Waals surface area contributed by atoms with Crippen LogP contribution in [0, 0.1) is 11.2 Å². The molecular formula is C40H54FN5O7. The van der Waals surface area contributed by atoms with Gasteiger partial charge in [-0.15, -0.1) is 0 Å². The van der Waals surface area contributed by atoms with Crippen LogP contribution in [-0.2, 0) is 4.74 Å². The van der Waals surface area contributed by atoms with Crippen molar-refractivity contribution >= 4 is 29.7 Å². The molecule has 4 aliphatic rings. The largest absolute Gasteiger partial charge is 0.488 e. The maximum Gasteiger partial charge on any atom is 0.410 e. The molecule has 0 radical (unpaired) electrons. The van der Waals surface area contributed by atoms with Gasteiger partial charge in [-0.05, 0) is 99.7 Å². The number of rotatable bonds is 6. The number of nitrogens with zero attached hydrogens (tertiary/aromatic N) is 5. The van der Waals surface area contributed by atoms with Gasteiger partial charge in [-0.2, -0.15) is 0 Å². The average molecular weight is 736 g/mol. The van der Waals surface area contributed by atoms with E-state index >= 15 is 0 Å². The van der Waals surface area contributed by atoms with Crippen LogP contribution >= 0.6 is 0 Å². The van der Waals surface area contributed by atoms with Gasteiger partial charge in [0.1, 0.15) is 23.3 Å². The molecule has 4 fully saturated rings. The van der Waals surface area contributed by atoms with Crippen LogP contribution in [0.4, 0.5) is 19.7 Å². The first-order valence-corrected chi connectivity index (χ1v) is 19.0. The van der Waals surface area contributed by atoms with Crippen molar-refractivity contribution in [1.29, 1.82) is 0 Å². The summed E-state index contributed by atoms with van der Waals surface area (Å²) in [5.74, 6) is 0.0739. The SMILES string of the molecule is CC1(C)CCC(c2cc(C(=O)N3CCN(C(=O)c4cc(F)cc(N5CCN(C(=O)O)CC5)c4)CC3)ccc2OC2CCN(C(=O)OC(C)(C)C)C2)CC1. The van der Waals surface area contributed by atoms with Gasteiger partial charge >= 0.3 is 12.2 Å². The van der Waals surface area contributed by atoms with Crippen molar-refractivity contribution in [1.82, 2.24) is 19.6 Å². The van der Waals surface area contributed by atoms with Crippen LogP contribution in [-0.4, -0.2) is 126 Å². The minimum absolute atomic E-state index is 0.105. The monoisotopic (exact) mass is 735 g/mol. The Balaban J connectivity index is 1.11. The van der Waals surface area contributed by atoms with Gasteiger partial charge in [0.05, 0.1) is 6.54 Å². The molecule has 1 unspecified atom stereocenters.